The van der Waals surface area contributed by atoms with Gasteiger partial charge in [-0.05, 0) is 12.5 Å². The lowest BCUT2D eigenvalue weighted by molar-refractivity contribution is -0.291. The Kier molecular flexibility index (Phi) is 8.62. The van der Waals surface area contributed by atoms with Gasteiger partial charge in [-0.1, -0.05) is 6.92 Å². The van der Waals surface area contributed by atoms with Gasteiger partial charge in [0.1, 0.15) is 6.07 Å². The molecule has 0 aliphatic rings. The maximum absolute atomic E-state index is 13.9. The summed E-state index contributed by atoms with van der Waals surface area (Å²) >= 11 is 0. The van der Waals surface area contributed by atoms with Gasteiger partial charge in [-0.3, -0.25) is 4.79 Å². The normalized spacial score (nSPS) is 12.3. The van der Waals surface area contributed by atoms with Crippen LogP contribution in [-0.2, 0) is 13.0 Å². The highest BCUT2D eigenvalue weighted by Gasteiger charge is 2.62. The van der Waals surface area contributed by atoms with E-state index in [4.69, 9.17) is 5.41 Å². The molecule has 0 radical (unpaired) electrons. The van der Waals surface area contributed by atoms with Gasteiger partial charge in [0.05, 0.1) is 5.56 Å². The number of ether oxygens (including phenoxy) is 1. The van der Waals surface area contributed by atoms with Crippen molar-refractivity contribution in [1.82, 2.24) is 20.1 Å². The molecular weight excluding hydrogens is 503 g/mol. The number of nitriles is 1. The zero-order valence-corrected chi connectivity index (χ0v) is 18.6. The Morgan fingerprint density at radius 1 is 1.33 bits per heavy atom. The van der Waals surface area contributed by atoms with Crippen molar-refractivity contribution < 1.29 is 40.3 Å². The molecule has 2 aromatic rings. The number of hydrogen-bond donors (Lipinski definition) is 3. The Bertz CT molecular complexity index is 1200. The van der Waals surface area contributed by atoms with Gasteiger partial charge >= 0.3 is 18.7 Å². The zero-order chi connectivity index (χ0) is 27.3. The van der Waals surface area contributed by atoms with Crippen LogP contribution in [0.4, 0.5) is 36.6 Å². The SMILES string of the molecule is CCCNC(=O)c1cc(/C(C=N)=C/Nc2c(OC(F)F)c(C(F)(F)C(F)(F)F)nn2C)cnc1C#N. The molecular formula is C20H18F7N7O2. The molecule has 9 nitrogen and oxygen atoms in total. The van der Waals surface area contributed by atoms with E-state index < -0.39 is 41.9 Å². The predicted octanol–water partition coefficient (Wildman–Crippen LogP) is 4.18. The number of rotatable bonds is 10. The van der Waals surface area contributed by atoms with Crippen LogP contribution in [0.25, 0.3) is 5.57 Å². The molecule has 0 saturated heterocycles. The number of nitrogens with zero attached hydrogens (tertiary/aromatic N) is 4. The maximum Gasteiger partial charge on any atom is 0.459 e. The van der Waals surface area contributed by atoms with Crippen molar-refractivity contribution in [1.29, 1.82) is 10.7 Å². The molecule has 0 unspecified atom stereocenters. The van der Waals surface area contributed by atoms with Gasteiger partial charge in [0, 0.05) is 43.3 Å². The second kappa shape index (κ2) is 11.1. The number of amides is 1. The van der Waals surface area contributed by atoms with Crippen molar-refractivity contribution in [3.05, 3.63) is 41.0 Å². The minimum atomic E-state index is -6.16. The van der Waals surface area contributed by atoms with Crippen molar-refractivity contribution in [3.8, 4) is 11.8 Å². The number of nitrogens with one attached hydrogen (secondary N) is 3. The van der Waals surface area contributed by atoms with Crippen LogP contribution in [0.2, 0.25) is 0 Å². The number of hydrogen-bond acceptors (Lipinski definition) is 7. The Morgan fingerprint density at radius 3 is 2.53 bits per heavy atom. The molecule has 2 heterocycles. The molecule has 0 atom stereocenters. The summed E-state index contributed by atoms with van der Waals surface area (Å²) in [4.78, 5) is 16.2. The number of aryl methyl sites for hydroxylation is 1. The van der Waals surface area contributed by atoms with Crippen LogP contribution in [-0.4, -0.2) is 46.2 Å². The zero-order valence-electron chi connectivity index (χ0n) is 18.6. The first kappa shape index (κ1) is 28.1. The van der Waals surface area contributed by atoms with Gasteiger partial charge in [-0.25, -0.2) is 9.67 Å². The molecule has 2 rings (SSSR count). The first-order chi connectivity index (χ1) is 16.8. The molecule has 16 heteroatoms. The van der Waals surface area contributed by atoms with Crippen LogP contribution in [0.3, 0.4) is 0 Å². The molecule has 0 fully saturated rings. The summed E-state index contributed by atoms with van der Waals surface area (Å²) in [5.74, 6) is -8.64. The first-order valence-electron chi connectivity index (χ1n) is 9.91. The smallest absolute Gasteiger partial charge is 0.429 e. The fourth-order valence-electron chi connectivity index (χ4n) is 2.78. The van der Waals surface area contributed by atoms with Gasteiger partial charge < -0.3 is 20.8 Å². The van der Waals surface area contributed by atoms with Crippen molar-refractivity contribution in [2.75, 3.05) is 11.9 Å². The molecule has 0 spiro atoms. The van der Waals surface area contributed by atoms with Gasteiger partial charge in [0.15, 0.2) is 23.0 Å². The van der Waals surface area contributed by atoms with Crippen molar-refractivity contribution >= 4 is 23.5 Å². The number of carbonyl (C=O) groups is 1. The molecule has 2 aromatic heterocycles. The van der Waals surface area contributed by atoms with E-state index in [9.17, 15) is 40.8 Å². The fraction of sp³-hybridized carbons (Fsp3) is 0.350. The second-order valence-electron chi connectivity index (χ2n) is 6.98. The van der Waals surface area contributed by atoms with E-state index in [2.05, 4.69) is 25.5 Å². The highest BCUT2D eigenvalue weighted by Crippen LogP contribution is 2.48. The highest BCUT2D eigenvalue weighted by atomic mass is 19.4. The molecule has 0 saturated carbocycles. The maximum atomic E-state index is 13.9. The van der Waals surface area contributed by atoms with E-state index in [0.29, 0.717) is 23.9 Å². The van der Waals surface area contributed by atoms with E-state index in [1.54, 1.807) is 13.0 Å². The number of aromatic nitrogens is 3. The summed E-state index contributed by atoms with van der Waals surface area (Å²) in [6, 6.07) is 2.92. The predicted molar refractivity (Wildman–Crippen MR) is 112 cm³/mol. The summed E-state index contributed by atoms with van der Waals surface area (Å²) in [6.07, 6.45) is -2.89. The highest BCUT2D eigenvalue weighted by molar-refractivity contribution is 6.09. The number of allylic oxidation sites excluding steroid dienone is 1. The monoisotopic (exact) mass is 521 g/mol. The second-order valence-corrected chi connectivity index (χ2v) is 6.98. The Hall–Kier alpha value is -4.16. The minimum Gasteiger partial charge on any atom is -0.429 e. The fourth-order valence-corrected chi connectivity index (χ4v) is 2.78. The standard InChI is InChI=1S/C20H18F7N7O2/c1-3-4-30-17(35)12-5-10(8-31-13(12)7-29)11(6-28)9-32-16-14(36-18(21)22)15(33-34(16)2)19(23,24)20(25,26)27/h5-6,8-9,18,28,32H,3-4H2,1-2H3,(H,30,35)/b11-9+,28-6?. The van der Waals surface area contributed by atoms with Crippen LogP contribution >= 0.6 is 0 Å². The largest absolute Gasteiger partial charge is 0.459 e. The van der Waals surface area contributed by atoms with Gasteiger partial charge in [0.25, 0.3) is 5.91 Å². The van der Waals surface area contributed by atoms with E-state index >= 15 is 0 Å². The number of halogens is 7. The molecule has 3 N–H and O–H groups in total. The summed E-state index contributed by atoms with van der Waals surface area (Å²) < 4.78 is 96.4. The summed E-state index contributed by atoms with van der Waals surface area (Å²) in [5.41, 5.74) is -2.55. The summed E-state index contributed by atoms with van der Waals surface area (Å²) in [5, 5.41) is 24.6. The van der Waals surface area contributed by atoms with Crippen LogP contribution in [0.1, 0.15) is 40.7 Å². The van der Waals surface area contributed by atoms with Crippen molar-refractivity contribution in [3.63, 3.8) is 0 Å². The first-order valence-corrected chi connectivity index (χ1v) is 9.91. The lowest BCUT2D eigenvalue weighted by Gasteiger charge is -2.18. The number of alkyl halides is 7. The summed E-state index contributed by atoms with van der Waals surface area (Å²) in [7, 11) is 0.897. The number of pyridine rings is 1. The average Bonchev–Trinajstić information content (AvgIpc) is 3.11. The number of carbonyl (C=O) groups excluding carboxylic acids is 1. The Labute approximate surface area is 199 Å². The van der Waals surface area contributed by atoms with E-state index in [-0.39, 0.29) is 22.4 Å². The minimum absolute atomic E-state index is 0.0532. The molecule has 0 bridgehead atoms. The number of anilines is 1. The molecule has 194 valence electrons. The third-order valence-electron chi connectivity index (χ3n) is 4.49. The molecule has 1 amide bonds. The Morgan fingerprint density at radius 2 is 2.00 bits per heavy atom. The third kappa shape index (κ3) is 5.90. The van der Waals surface area contributed by atoms with E-state index in [1.807, 2.05) is 0 Å². The quantitative estimate of drug-likeness (QED) is 0.318. The van der Waals surface area contributed by atoms with E-state index in [1.165, 1.54) is 6.07 Å². The van der Waals surface area contributed by atoms with Gasteiger partial charge in [-0.15, -0.1) is 0 Å². The van der Waals surface area contributed by atoms with E-state index in [0.717, 1.165) is 19.4 Å². The Balaban J connectivity index is 2.55. The topological polar surface area (TPSA) is 129 Å². The van der Waals surface area contributed by atoms with Crippen LogP contribution < -0.4 is 15.4 Å². The lowest BCUT2D eigenvalue weighted by Crippen LogP contribution is -2.34. The molecule has 0 aliphatic heterocycles. The van der Waals surface area contributed by atoms with Crippen LogP contribution in [0, 0.1) is 16.7 Å². The van der Waals surface area contributed by atoms with Crippen LogP contribution in [0.5, 0.6) is 5.75 Å². The molecule has 0 aromatic carbocycles. The summed E-state index contributed by atoms with van der Waals surface area (Å²) in [6.45, 7) is -1.68. The average molecular weight is 521 g/mol. The van der Waals surface area contributed by atoms with Crippen LogP contribution in [0.15, 0.2) is 18.5 Å². The third-order valence-corrected chi connectivity index (χ3v) is 4.49. The van der Waals surface area contributed by atoms with Gasteiger partial charge in [0.2, 0.25) is 0 Å². The molecule has 36 heavy (non-hydrogen) atoms. The lowest BCUT2D eigenvalue weighted by atomic mass is 10.1. The van der Waals surface area contributed by atoms with Crippen molar-refractivity contribution in [2.24, 2.45) is 7.05 Å². The van der Waals surface area contributed by atoms with Gasteiger partial charge in [-0.2, -0.15) is 41.1 Å². The van der Waals surface area contributed by atoms with Crippen molar-refractivity contribution in [2.45, 2.75) is 32.1 Å². The molecule has 0 aliphatic carbocycles.